The molecular formula is C32H32N6O5S2. The molecule has 1 amide bonds. The predicted octanol–water partition coefficient (Wildman–Crippen LogP) is 5.40. The second kappa shape index (κ2) is 13.1. The average molecular weight is 645 g/mol. The lowest BCUT2D eigenvalue weighted by Crippen LogP contribution is -2.42. The SMILES string of the molecule is CCOc1ccc(C2C(C#N)=C(N)N(c3nnc(SCC(=O)Nc4ccc(C(=O)OC)cc4)s3)C3=C2C(=O)CC(C)(C)C3)cc1. The molecule has 1 aliphatic carbocycles. The number of methoxy groups -OCH3 is 1. The molecule has 1 aliphatic heterocycles. The number of carbonyl (C=O) groups excluding carboxylic acids is 3. The number of nitrogens with two attached hydrogens (primary N) is 1. The monoisotopic (exact) mass is 644 g/mol. The largest absolute Gasteiger partial charge is 0.494 e. The summed E-state index contributed by atoms with van der Waals surface area (Å²) in [4.78, 5) is 39.7. The van der Waals surface area contributed by atoms with Crippen molar-refractivity contribution in [2.24, 2.45) is 11.1 Å². The molecule has 1 aromatic heterocycles. The average Bonchev–Trinajstić information content (AvgIpc) is 3.48. The van der Waals surface area contributed by atoms with E-state index in [1.165, 1.54) is 30.2 Å². The first-order valence-electron chi connectivity index (χ1n) is 14.2. The van der Waals surface area contributed by atoms with E-state index < -0.39 is 11.9 Å². The molecule has 5 rings (SSSR count). The summed E-state index contributed by atoms with van der Waals surface area (Å²) in [5, 5.41) is 22.1. The van der Waals surface area contributed by atoms with Gasteiger partial charge in [0.2, 0.25) is 11.0 Å². The van der Waals surface area contributed by atoms with E-state index in [2.05, 4.69) is 21.6 Å². The molecule has 0 fully saturated rings. The Morgan fingerprint density at radius 3 is 2.51 bits per heavy atom. The van der Waals surface area contributed by atoms with Crippen LogP contribution in [0.25, 0.3) is 0 Å². The van der Waals surface area contributed by atoms with Gasteiger partial charge in [-0.15, -0.1) is 10.2 Å². The van der Waals surface area contributed by atoms with Crippen molar-refractivity contribution < 1.29 is 23.9 Å². The molecule has 0 radical (unpaired) electrons. The van der Waals surface area contributed by atoms with Gasteiger partial charge < -0.3 is 20.5 Å². The maximum Gasteiger partial charge on any atom is 0.337 e. The lowest BCUT2D eigenvalue weighted by Gasteiger charge is -2.42. The van der Waals surface area contributed by atoms with Crippen LogP contribution in [0.4, 0.5) is 10.8 Å². The van der Waals surface area contributed by atoms with E-state index in [1.54, 1.807) is 29.2 Å². The quantitative estimate of drug-likeness (QED) is 0.227. The second-order valence-corrected chi connectivity index (χ2v) is 13.4. The van der Waals surface area contributed by atoms with Crippen molar-refractivity contribution in [3.05, 3.63) is 82.3 Å². The van der Waals surface area contributed by atoms with Crippen LogP contribution in [-0.4, -0.2) is 47.3 Å². The van der Waals surface area contributed by atoms with Gasteiger partial charge in [-0.3, -0.25) is 14.5 Å². The zero-order chi connectivity index (χ0) is 32.3. The summed E-state index contributed by atoms with van der Waals surface area (Å²) in [5.41, 5.74) is 9.57. The molecule has 2 heterocycles. The molecule has 3 N–H and O–H groups in total. The third kappa shape index (κ3) is 6.72. The Morgan fingerprint density at radius 1 is 1.16 bits per heavy atom. The third-order valence-corrected chi connectivity index (χ3v) is 9.45. The van der Waals surface area contributed by atoms with Crippen LogP contribution >= 0.6 is 23.1 Å². The summed E-state index contributed by atoms with van der Waals surface area (Å²) in [7, 11) is 1.30. The summed E-state index contributed by atoms with van der Waals surface area (Å²) in [6.07, 6.45) is 0.879. The van der Waals surface area contributed by atoms with Crippen LogP contribution in [0, 0.1) is 16.7 Å². The molecule has 2 aliphatic rings. The van der Waals surface area contributed by atoms with Gasteiger partial charge in [-0.2, -0.15) is 5.26 Å². The number of Topliss-reactive ketones (excluding diaryl/α,β-unsaturated/α-hetero) is 1. The Balaban J connectivity index is 1.40. The van der Waals surface area contributed by atoms with E-state index in [4.69, 9.17) is 15.2 Å². The lowest BCUT2D eigenvalue weighted by molar-refractivity contribution is -0.118. The van der Waals surface area contributed by atoms with Crippen LogP contribution < -0.4 is 20.7 Å². The summed E-state index contributed by atoms with van der Waals surface area (Å²) >= 11 is 2.42. The highest BCUT2D eigenvalue weighted by molar-refractivity contribution is 8.01. The number of ketones is 1. The van der Waals surface area contributed by atoms with Crippen LogP contribution in [0.1, 0.15) is 55.5 Å². The molecule has 2 aromatic carbocycles. The Kier molecular flexibility index (Phi) is 9.27. The van der Waals surface area contributed by atoms with Crippen LogP contribution in [0.5, 0.6) is 5.75 Å². The molecule has 3 aromatic rings. The maximum atomic E-state index is 13.8. The fourth-order valence-electron chi connectivity index (χ4n) is 5.47. The molecule has 1 atom stereocenters. The number of nitriles is 1. The van der Waals surface area contributed by atoms with Crippen LogP contribution in [-0.2, 0) is 14.3 Å². The number of hydrogen-bond acceptors (Lipinski definition) is 12. The van der Waals surface area contributed by atoms with Gasteiger partial charge in [0.1, 0.15) is 11.6 Å². The number of ether oxygens (including phenoxy) is 2. The maximum absolute atomic E-state index is 13.8. The highest BCUT2D eigenvalue weighted by Crippen LogP contribution is 2.50. The van der Waals surface area contributed by atoms with E-state index >= 15 is 0 Å². The molecule has 11 nitrogen and oxygen atoms in total. The standard InChI is InChI=1S/C32H32N6O5S2/c1-5-43-21-12-8-18(9-13-21)26-22(16-33)28(34)38(23-14-32(2,3)15-24(39)27(23)26)30-36-37-31(45-30)44-17-25(40)35-20-10-6-19(7-11-20)29(41)42-4/h6-13,26H,5,14-15,17,34H2,1-4H3,(H,35,40). The number of esters is 1. The molecule has 13 heteroatoms. The number of nitrogens with zero attached hydrogens (tertiary/aromatic N) is 4. The van der Waals surface area contributed by atoms with Gasteiger partial charge in [0.25, 0.3) is 0 Å². The van der Waals surface area contributed by atoms with Gasteiger partial charge in [0, 0.05) is 23.4 Å². The van der Waals surface area contributed by atoms with Crippen LogP contribution in [0.2, 0.25) is 0 Å². The number of aromatic nitrogens is 2. The number of anilines is 2. The van der Waals surface area contributed by atoms with E-state index in [0.717, 1.165) is 5.56 Å². The Morgan fingerprint density at radius 2 is 1.87 bits per heavy atom. The Hall–Kier alpha value is -4.67. The Labute approximate surface area is 269 Å². The summed E-state index contributed by atoms with van der Waals surface area (Å²) in [6.45, 7) is 6.49. The van der Waals surface area contributed by atoms with Gasteiger partial charge in [0.05, 0.1) is 42.6 Å². The normalized spacial score (nSPS) is 17.4. The number of thioether (sulfide) groups is 1. The first-order chi connectivity index (χ1) is 21.5. The first kappa shape index (κ1) is 31.7. The first-order valence-corrected chi connectivity index (χ1v) is 16.0. The zero-order valence-electron chi connectivity index (χ0n) is 25.2. The Bertz CT molecular complexity index is 1740. The lowest BCUT2D eigenvalue weighted by atomic mass is 9.68. The van der Waals surface area contributed by atoms with Gasteiger partial charge >= 0.3 is 5.97 Å². The van der Waals surface area contributed by atoms with Gasteiger partial charge in [0.15, 0.2) is 10.1 Å². The predicted molar refractivity (Wildman–Crippen MR) is 172 cm³/mol. The second-order valence-electron chi connectivity index (χ2n) is 11.2. The number of carbonyl (C=O) groups is 3. The zero-order valence-corrected chi connectivity index (χ0v) is 26.9. The minimum atomic E-state index is -0.618. The fraction of sp³-hybridized carbons (Fsp3) is 0.312. The number of hydrogen-bond donors (Lipinski definition) is 2. The van der Waals surface area contributed by atoms with E-state index in [1.807, 2.05) is 45.0 Å². The summed E-state index contributed by atoms with van der Waals surface area (Å²) in [5.74, 6) is -0.438. The van der Waals surface area contributed by atoms with Crippen molar-refractivity contribution in [3.8, 4) is 11.8 Å². The van der Waals surface area contributed by atoms with Crippen LogP contribution in [0.3, 0.4) is 0 Å². The van der Waals surface area contributed by atoms with Crippen molar-refractivity contribution in [3.63, 3.8) is 0 Å². The minimum absolute atomic E-state index is 0.0409. The summed E-state index contributed by atoms with van der Waals surface area (Å²) < 4.78 is 10.8. The molecule has 232 valence electrons. The fourth-order valence-corrected chi connectivity index (χ4v) is 7.15. The molecule has 0 spiro atoms. The smallest absolute Gasteiger partial charge is 0.337 e. The van der Waals surface area contributed by atoms with Crippen molar-refractivity contribution in [1.82, 2.24) is 10.2 Å². The number of nitrogens with one attached hydrogen (secondary N) is 1. The third-order valence-electron chi connectivity index (χ3n) is 7.41. The number of rotatable bonds is 9. The topological polar surface area (TPSA) is 161 Å². The molecule has 0 saturated carbocycles. The summed E-state index contributed by atoms with van der Waals surface area (Å²) in [6, 6.07) is 16.0. The molecule has 0 bridgehead atoms. The van der Waals surface area contributed by atoms with Gasteiger partial charge in [-0.1, -0.05) is 49.1 Å². The number of benzene rings is 2. The van der Waals surface area contributed by atoms with Gasteiger partial charge in [-0.05, 0) is 60.7 Å². The van der Waals surface area contributed by atoms with Crippen molar-refractivity contribution in [1.29, 1.82) is 5.26 Å². The van der Waals surface area contributed by atoms with Crippen molar-refractivity contribution in [2.75, 3.05) is 29.7 Å². The molecular weight excluding hydrogens is 613 g/mol. The van der Waals surface area contributed by atoms with E-state index in [0.29, 0.717) is 57.2 Å². The number of amides is 1. The van der Waals surface area contributed by atoms with Gasteiger partial charge in [-0.25, -0.2) is 4.79 Å². The highest BCUT2D eigenvalue weighted by atomic mass is 32.2. The molecule has 0 saturated heterocycles. The van der Waals surface area contributed by atoms with E-state index in [9.17, 15) is 19.6 Å². The minimum Gasteiger partial charge on any atom is -0.494 e. The van der Waals surface area contributed by atoms with Crippen molar-refractivity contribution in [2.45, 2.75) is 43.9 Å². The van der Waals surface area contributed by atoms with Crippen LogP contribution in [0.15, 0.2) is 75.5 Å². The van der Waals surface area contributed by atoms with E-state index in [-0.39, 0.29) is 34.3 Å². The molecule has 45 heavy (non-hydrogen) atoms. The highest BCUT2D eigenvalue weighted by Gasteiger charge is 2.45. The molecule has 1 unspecified atom stereocenters. The van der Waals surface area contributed by atoms with Crippen molar-refractivity contribution >= 4 is 51.6 Å². The number of allylic oxidation sites excluding steroid dienone is 3.